The van der Waals surface area contributed by atoms with Gasteiger partial charge in [0.15, 0.2) is 0 Å². The Hall–Kier alpha value is -3.48. The van der Waals surface area contributed by atoms with Gasteiger partial charge in [-0.15, -0.1) is 11.3 Å². The van der Waals surface area contributed by atoms with E-state index in [9.17, 15) is 9.59 Å². The highest BCUT2D eigenvalue weighted by atomic mass is 32.1. The van der Waals surface area contributed by atoms with Crippen LogP contribution in [0, 0.1) is 6.92 Å². The second-order valence-corrected chi connectivity index (χ2v) is 12.9. The number of alkyl carbamates (subject to hydrolysis) is 1. The van der Waals surface area contributed by atoms with E-state index in [4.69, 9.17) is 24.9 Å². The highest BCUT2D eigenvalue weighted by Gasteiger charge is 2.53. The molecule has 0 unspecified atom stereocenters. The first-order valence-electron chi connectivity index (χ1n) is 14.0. The molecule has 2 saturated heterocycles. The largest absolute Gasteiger partial charge is 0.444 e. The molecule has 5 heterocycles. The van der Waals surface area contributed by atoms with Gasteiger partial charge in [-0.3, -0.25) is 4.79 Å². The molecule has 41 heavy (non-hydrogen) atoms. The van der Waals surface area contributed by atoms with Crippen LogP contribution in [0.5, 0.6) is 0 Å². The second kappa shape index (κ2) is 10.4. The van der Waals surface area contributed by atoms with Gasteiger partial charge in [0.2, 0.25) is 5.79 Å². The molecule has 0 bridgehead atoms. The van der Waals surface area contributed by atoms with Crippen molar-refractivity contribution in [3.63, 3.8) is 0 Å². The maximum Gasteiger partial charge on any atom is 0.408 e. The number of pyridine rings is 2. The van der Waals surface area contributed by atoms with E-state index in [1.54, 1.807) is 0 Å². The Morgan fingerprint density at radius 1 is 1.15 bits per heavy atom. The lowest BCUT2D eigenvalue weighted by Gasteiger charge is -2.29. The molecule has 1 aliphatic carbocycles. The van der Waals surface area contributed by atoms with Gasteiger partial charge in [-0.25, -0.2) is 14.8 Å². The average Bonchev–Trinajstić information content (AvgIpc) is 3.61. The van der Waals surface area contributed by atoms with E-state index in [0.717, 1.165) is 45.8 Å². The Kier molecular flexibility index (Phi) is 7.03. The van der Waals surface area contributed by atoms with E-state index < -0.39 is 23.5 Å². The topological polar surface area (TPSA) is 141 Å². The summed E-state index contributed by atoms with van der Waals surface area (Å²) in [6, 6.07) is 7.47. The Bertz CT molecular complexity index is 1490. The van der Waals surface area contributed by atoms with Gasteiger partial charge in [0.25, 0.3) is 5.91 Å². The molecule has 12 heteroatoms. The smallest absolute Gasteiger partial charge is 0.408 e. The van der Waals surface area contributed by atoms with Crippen molar-refractivity contribution in [3.05, 3.63) is 46.1 Å². The number of carbonyl (C=O) groups is 2. The minimum absolute atomic E-state index is 0.0142. The summed E-state index contributed by atoms with van der Waals surface area (Å²) >= 11 is 1.33. The first-order valence-corrected chi connectivity index (χ1v) is 14.8. The number of thiophene rings is 1. The number of rotatable bonds is 4. The maximum atomic E-state index is 13.1. The molecule has 3 aromatic rings. The first kappa shape index (κ1) is 27.7. The fourth-order valence-electron chi connectivity index (χ4n) is 5.75. The number of nitrogen functional groups attached to an aromatic ring is 1. The lowest BCUT2D eigenvalue weighted by Crippen LogP contribution is -2.53. The van der Waals surface area contributed by atoms with E-state index in [2.05, 4.69) is 26.6 Å². The second-order valence-electron chi connectivity index (χ2n) is 11.9. The van der Waals surface area contributed by atoms with E-state index in [0.29, 0.717) is 43.3 Å². The molecular formula is C29H36N6O5S. The van der Waals surface area contributed by atoms with Crippen molar-refractivity contribution in [2.45, 2.75) is 70.4 Å². The van der Waals surface area contributed by atoms with E-state index >= 15 is 0 Å². The standard InChI is InChI=1S/C29H36N6O5S/c1-16-5-8-19-23(30)24(41-26(19)31-16)25(36)32-18-7-9-20-17(13-18)6-10-22(33-20)35-14-21(29(15-35)38-11-12-39-29)34-27(37)40-28(2,3)4/h5-6,8,10,18,21H,7,9,11-15,30H2,1-4H3,(H,32,36)(H,34,37)/t18-,21-/m0/s1. The number of anilines is 2. The summed E-state index contributed by atoms with van der Waals surface area (Å²) in [5.41, 5.74) is 9.19. The monoisotopic (exact) mass is 580 g/mol. The van der Waals surface area contributed by atoms with Gasteiger partial charge < -0.3 is 35.5 Å². The zero-order chi connectivity index (χ0) is 28.9. The molecule has 3 aliphatic rings. The van der Waals surface area contributed by atoms with Crippen LogP contribution in [-0.2, 0) is 27.1 Å². The molecule has 3 aromatic heterocycles. The molecular weight excluding hydrogens is 544 g/mol. The Morgan fingerprint density at radius 2 is 1.93 bits per heavy atom. The number of nitrogens with one attached hydrogen (secondary N) is 2. The zero-order valence-electron chi connectivity index (χ0n) is 23.8. The molecule has 2 atom stereocenters. The zero-order valence-corrected chi connectivity index (χ0v) is 24.6. The highest BCUT2D eigenvalue weighted by Crippen LogP contribution is 2.35. The molecule has 4 N–H and O–H groups in total. The molecule has 2 fully saturated rings. The third-order valence-corrected chi connectivity index (χ3v) is 8.77. The molecule has 2 amide bonds. The van der Waals surface area contributed by atoms with E-state index in [1.807, 2.05) is 45.9 Å². The molecule has 0 radical (unpaired) electrons. The van der Waals surface area contributed by atoms with Crippen molar-refractivity contribution in [2.75, 3.05) is 36.9 Å². The van der Waals surface area contributed by atoms with Gasteiger partial charge in [0, 0.05) is 29.4 Å². The van der Waals surface area contributed by atoms with E-state index in [-0.39, 0.29) is 11.9 Å². The molecule has 6 rings (SSSR count). The molecule has 1 spiro atoms. The minimum atomic E-state index is -0.938. The molecule has 0 saturated carbocycles. The quantitative estimate of drug-likeness (QED) is 0.424. The van der Waals surface area contributed by atoms with Crippen LogP contribution < -0.4 is 21.3 Å². The van der Waals surface area contributed by atoms with Gasteiger partial charge >= 0.3 is 6.09 Å². The van der Waals surface area contributed by atoms with Crippen LogP contribution in [0.2, 0.25) is 0 Å². The molecule has 218 valence electrons. The first-order chi connectivity index (χ1) is 19.5. The van der Waals surface area contributed by atoms with Crippen LogP contribution in [0.1, 0.15) is 53.8 Å². The number of fused-ring (bicyclic) bond motifs is 2. The van der Waals surface area contributed by atoms with Gasteiger partial charge in [-0.1, -0.05) is 6.07 Å². The maximum absolute atomic E-state index is 13.1. The molecule has 2 aliphatic heterocycles. The fourth-order valence-corrected chi connectivity index (χ4v) is 6.79. The van der Waals surface area contributed by atoms with Crippen molar-refractivity contribution in [2.24, 2.45) is 0 Å². The predicted octanol–water partition coefficient (Wildman–Crippen LogP) is 3.33. The van der Waals surface area contributed by atoms with Gasteiger partial charge in [0.05, 0.1) is 25.4 Å². The lowest BCUT2D eigenvalue weighted by atomic mass is 9.91. The van der Waals surface area contributed by atoms with Crippen LogP contribution in [0.25, 0.3) is 10.2 Å². The number of hydrogen-bond donors (Lipinski definition) is 3. The van der Waals surface area contributed by atoms with Crippen molar-refractivity contribution >= 4 is 45.1 Å². The van der Waals surface area contributed by atoms with Crippen molar-refractivity contribution in [1.82, 2.24) is 20.6 Å². The third-order valence-electron chi connectivity index (χ3n) is 7.66. The predicted molar refractivity (Wildman–Crippen MR) is 156 cm³/mol. The Labute approximate surface area is 242 Å². The number of carbonyl (C=O) groups excluding carboxylic acids is 2. The summed E-state index contributed by atoms with van der Waals surface area (Å²) in [5.74, 6) is -0.297. The van der Waals surface area contributed by atoms with Crippen molar-refractivity contribution < 1.29 is 23.8 Å². The Balaban J connectivity index is 1.13. The number of amides is 2. The third kappa shape index (κ3) is 5.55. The normalized spacial score (nSPS) is 21.7. The van der Waals surface area contributed by atoms with Gasteiger partial charge in [0.1, 0.15) is 27.2 Å². The highest BCUT2D eigenvalue weighted by molar-refractivity contribution is 7.21. The summed E-state index contributed by atoms with van der Waals surface area (Å²) in [4.78, 5) is 38.6. The van der Waals surface area contributed by atoms with Crippen molar-refractivity contribution in [3.8, 4) is 0 Å². The minimum Gasteiger partial charge on any atom is -0.444 e. The van der Waals surface area contributed by atoms with Gasteiger partial charge in [-0.2, -0.15) is 0 Å². The van der Waals surface area contributed by atoms with Crippen LogP contribution >= 0.6 is 11.3 Å². The Morgan fingerprint density at radius 3 is 2.68 bits per heavy atom. The van der Waals surface area contributed by atoms with Crippen LogP contribution in [0.4, 0.5) is 16.3 Å². The number of aromatic nitrogens is 2. The van der Waals surface area contributed by atoms with Crippen LogP contribution in [0.15, 0.2) is 24.3 Å². The van der Waals surface area contributed by atoms with Crippen molar-refractivity contribution in [1.29, 1.82) is 0 Å². The summed E-state index contributed by atoms with van der Waals surface area (Å²) in [7, 11) is 0. The number of aryl methyl sites for hydroxylation is 2. The number of nitrogens with zero attached hydrogens (tertiary/aromatic N) is 3. The lowest BCUT2D eigenvalue weighted by molar-refractivity contribution is -0.153. The number of hydrogen-bond acceptors (Lipinski definition) is 10. The molecule has 11 nitrogen and oxygen atoms in total. The van der Waals surface area contributed by atoms with Crippen LogP contribution in [0.3, 0.4) is 0 Å². The summed E-state index contributed by atoms with van der Waals surface area (Å²) in [5, 5.41) is 6.94. The number of ether oxygens (including phenoxy) is 3. The molecule has 0 aromatic carbocycles. The van der Waals surface area contributed by atoms with E-state index in [1.165, 1.54) is 11.3 Å². The average molecular weight is 581 g/mol. The fraction of sp³-hybridized carbons (Fsp3) is 0.517. The number of nitrogens with two attached hydrogens (primary N) is 1. The summed E-state index contributed by atoms with van der Waals surface area (Å²) in [6.07, 6.45) is 1.70. The van der Waals surface area contributed by atoms with Gasteiger partial charge in [-0.05, 0) is 70.7 Å². The summed E-state index contributed by atoms with van der Waals surface area (Å²) < 4.78 is 17.5. The SMILES string of the molecule is Cc1ccc2c(N)c(C(=O)N[C@H]3CCc4nc(N5C[C@H](NC(=O)OC(C)(C)C)C6(C5)OCCO6)ccc4C3)sc2n1. The summed E-state index contributed by atoms with van der Waals surface area (Å²) in [6.45, 7) is 9.27. The van der Waals surface area contributed by atoms with Crippen LogP contribution in [-0.4, -0.2) is 71.7 Å².